The standard InChI is InChI=1S/C23H28O2/c1-22(2,3)15-8-10-18-19(11-15)17-9-7-16(23(4,5)6)12-20(17)21(18)13-25-14-24/h7-12,14,21H,13H2,1-6H3. The molecule has 1 aliphatic rings. The van der Waals surface area contributed by atoms with Crippen molar-refractivity contribution >= 4 is 6.47 Å². The van der Waals surface area contributed by atoms with Gasteiger partial charge in [-0.25, -0.2) is 0 Å². The van der Waals surface area contributed by atoms with Gasteiger partial charge in [-0.2, -0.15) is 0 Å². The van der Waals surface area contributed by atoms with Gasteiger partial charge in [0.25, 0.3) is 6.47 Å². The molecule has 2 nitrogen and oxygen atoms in total. The van der Waals surface area contributed by atoms with E-state index in [9.17, 15) is 4.79 Å². The van der Waals surface area contributed by atoms with Gasteiger partial charge in [0, 0.05) is 5.92 Å². The summed E-state index contributed by atoms with van der Waals surface area (Å²) in [5.41, 5.74) is 7.93. The zero-order chi connectivity index (χ0) is 18.4. The van der Waals surface area contributed by atoms with E-state index in [1.165, 1.54) is 33.4 Å². The molecule has 3 rings (SSSR count). The molecule has 0 N–H and O–H groups in total. The quantitative estimate of drug-likeness (QED) is 0.685. The third-order valence-corrected chi connectivity index (χ3v) is 5.21. The van der Waals surface area contributed by atoms with E-state index >= 15 is 0 Å². The minimum absolute atomic E-state index is 0.0937. The molecular weight excluding hydrogens is 308 g/mol. The lowest BCUT2D eigenvalue weighted by molar-refractivity contribution is -0.128. The Morgan fingerprint density at radius 3 is 2.04 bits per heavy atom. The zero-order valence-electron chi connectivity index (χ0n) is 16.1. The Bertz CT molecular complexity index is 804. The van der Waals surface area contributed by atoms with Crippen molar-refractivity contribution in [3.63, 3.8) is 0 Å². The Balaban J connectivity index is 2.17. The van der Waals surface area contributed by atoms with E-state index < -0.39 is 0 Å². The van der Waals surface area contributed by atoms with Crippen LogP contribution in [0.2, 0.25) is 0 Å². The van der Waals surface area contributed by atoms with E-state index in [-0.39, 0.29) is 16.7 Å². The maximum absolute atomic E-state index is 10.8. The fourth-order valence-electron chi connectivity index (χ4n) is 3.61. The Morgan fingerprint density at radius 2 is 1.44 bits per heavy atom. The number of hydrogen-bond acceptors (Lipinski definition) is 2. The topological polar surface area (TPSA) is 26.3 Å². The van der Waals surface area contributed by atoms with Crippen molar-refractivity contribution in [2.75, 3.05) is 6.61 Å². The molecule has 1 unspecified atom stereocenters. The number of rotatable bonds is 3. The van der Waals surface area contributed by atoms with Gasteiger partial charge in [0.05, 0.1) is 0 Å². The van der Waals surface area contributed by atoms with E-state index in [1.54, 1.807) is 0 Å². The highest BCUT2D eigenvalue weighted by atomic mass is 16.5. The Labute approximate surface area is 151 Å². The molecule has 0 aliphatic heterocycles. The molecular formula is C23H28O2. The summed E-state index contributed by atoms with van der Waals surface area (Å²) in [7, 11) is 0. The molecule has 1 atom stereocenters. The first-order valence-electron chi connectivity index (χ1n) is 8.97. The molecule has 25 heavy (non-hydrogen) atoms. The fourth-order valence-corrected chi connectivity index (χ4v) is 3.61. The highest BCUT2D eigenvalue weighted by molar-refractivity contribution is 5.80. The minimum atomic E-state index is 0.0937. The first-order chi connectivity index (χ1) is 11.6. The highest BCUT2D eigenvalue weighted by Gasteiger charge is 2.31. The Hall–Kier alpha value is -2.09. The van der Waals surface area contributed by atoms with Gasteiger partial charge in [-0.1, -0.05) is 77.9 Å². The van der Waals surface area contributed by atoms with Crippen molar-refractivity contribution < 1.29 is 9.53 Å². The second-order valence-corrected chi connectivity index (χ2v) is 9.09. The van der Waals surface area contributed by atoms with Crippen LogP contribution in [-0.4, -0.2) is 13.1 Å². The van der Waals surface area contributed by atoms with Gasteiger partial charge in [0.15, 0.2) is 0 Å². The third-order valence-electron chi connectivity index (χ3n) is 5.21. The van der Waals surface area contributed by atoms with Gasteiger partial charge in [-0.05, 0) is 44.2 Å². The molecule has 2 aromatic carbocycles. The average molecular weight is 336 g/mol. The van der Waals surface area contributed by atoms with Gasteiger partial charge in [-0.3, -0.25) is 4.79 Å². The first kappa shape index (κ1) is 17.7. The van der Waals surface area contributed by atoms with Gasteiger partial charge >= 0.3 is 0 Å². The van der Waals surface area contributed by atoms with Crippen molar-refractivity contribution in [3.8, 4) is 11.1 Å². The average Bonchev–Trinajstić information content (AvgIpc) is 2.83. The van der Waals surface area contributed by atoms with E-state index in [1.807, 2.05) is 0 Å². The lowest BCUT2D eigenvalue weighted by Crippen LogP contribution is -2.13. The molecule has 0 amide bonds. The van der Waals surface area contributed by atoms with Crippen LogP contribution in [0.5, 0.6) is 0 Å². The normalized spacial score (nSPS) is 16.3. The number of benzene rings is 2. The molecule has 0 spiro atoms. The van der Waals surface area contributed by atoms with Crippen LogP contribution in [0.15, 0.2) is 36.4 Å². The highest BCUT2D eigenvalue weighted by Crippen LogP contribution is 2.47. The molecule has 2 aromatic rings. The zero-order valence-corrected chi connectivity index (χ0v) is 16.1. The number of hydrogen-bond donors (Lipinski definition) is 0. The summed E-state index contributed by atoms with van der Waals surface area (Å²) in [4.78, 5) is 10.8. The minimum Gasteiger partial charge on any atom is -0.467 e. The van der Waals surface area contributed by atoms with Gasteiger partial charge in [-0.15, -0.1) is 0 Å². The SMILES string of the molecule is CC(C)(C)c1ccc2c(c1)-c1ccc(C(C)(C)C)cc1C2COC=O. The van der Waals surface area contributed by atoms with E-state index in [0.29, 0.717) is 13.1 Å². The molecule has 0 fully saturated rings. The van der Waals surface area contributed by atoms with Crippen LogP contribution in [0, 0.1) is 0 Å². The maximum Gasteiger partial charge on any atom is 0.293 e. The fraction of sp³-hybridized carbons (Fsp3) is 0.435. The summed E-state index contributed by atoms with van der Waals surface area (Å²) in [6.45, 7) is 14.3. The van der Waals surface area contributed by atoms with Crippen molar-refractivity contribution in [1.29, 1.82) is 0 Å². The third kappa shape index (κ3) is 3.22. The van der Waals surface area contributed by atoms with Gasteiger partial charge in [0.2, 0.25) is 0 Å². The van der Waals surface area contributed by atoms with Crippen molar-refractivity contribution in [1.82, 2.24) is 0 Å². The van der Waals surface area contributed by atoms with Gasteiger partial charge in [0.1, 0.15) is 6.61 Å². The molecule has 0 radical (unpaired) electrons. The Morgan fingerprint density at radius 1 is 0.840 bits per heavy atom. The lowest BCUT2D eigenvalue weighted by atomic mass is 9.84. The second kappa shape index (κ2) is 6.01. The molecule has 0 saturated carbocycles. The maximum atomic E-state index is 10.8. The van der Waals surface area contributed by atoms with E-state index in [4.69, 9.17) is 4.74 Å². The summed E-state index contributed by atoms with van der Waals surface area (Å²) in [6.07, 6.45) is 0. The first-order valence-corrected chi connectivity index (χ1v) is 8.97. The monoisotopic (exact) mass is 336 g/mol. The number of ether oxygens (including phenoxy) is 1. The van der Waals surface area contributed by atoms with Crippen LogP contribution in [-0.2, 0) is 20.4 Å². The van der Waals surface area contributed by atoms with Crippen LogP contribution in [0.25, 0.3) is 11.1 Å². The van der Waals surface area contributed by atoms with Crippen LogP contribution in [0.1, 0.15) is 69.7 Å². The summed E-state index contributed by atoms with van der Waals surface area (Å²) < 4.78 is 5.17. The van der Waals surface area contributed by atoms with E-state index in [2.05, 4.69) is 77.9 Å². The largest absolute Gasteiger partial charge is 0.467 e. The second-order valence-electron chi connectivity index (χ2n) is 9.09. The summed E-state index contributed by atoms with van der Waals surface area (Å²) in [6, 6.07) is 13.5. The van der Waals surface area contributed by atoms with Gasteiger partial charge < -0.3 is 4.74 Å². The van der Waals surface area contributed by atoms with E-state index in [0.717, 1.165) is 0 Å². The molecule has 0 saturated heterocycles. The number of carbonyl (C=O) groups is 1. The molecule has 132 valence electrons. The summed E-state index contributed by atoms with van der Waals surface area (Å²) in [5.74, 6) is 0.117. The Kier molecular flexibility index (Phi) is 4.26. The molecule has 0 heterocycles. The number of fused-ring (bicyclic) bond motifs is 3. The molecule has 0 aromatic heterocycles. The van der Waals surface area contributed by atoms with Crippen LogP contribution in [0.4, 0.5) is 0 Å². The molecule has 0 bridgehead atoms. The number of carbonyl (C=O) groups excluding carboxylic acids is 1. The summed E-state index contributed by atoms with van der Waals surface area (Å²) in [5, 5.41) is 0. The predicted octanol–water partition coefficient (Wildman–Crippen LogP) is 5.57. The van der Waals surface area contributed by atoms with Crippen molar-refractivity contribution in [3.05, 3.63) is 58.7 Å². The van der Waals surface area contributed by atoms with Crippen LogP contribution < -0.4 is 0 Å². The lowest BCUT2D eigenvalue weighted by Gasteiger charge is -2.21. The van der Waals surface area contributed by atoms with Crippen LogP contribution in [0.3, 0.4) is 0 Å². The molecule has 1 aliphatic carbocycles. The smallest absolute Gasteiger partial charge is 0.293 e. The molecule has 2 heteroatoms. The predicted molar refractivity (Wildman–Crippen MR) is 103 cm³/mol. The van der Waals surface area contributed by atoms with Crippen molar-refractivity contribution in [2.24, 2.45) is 0 Å². The van der Waals surface area contributed by atoms with Crippen molar-refractivity contribution in [2.45, 2.75) is 58.3 Å². The summed E-state index contributed by atoms with van der Waals surface area (Å²) >= 11 is 0. The van der Waals surface area contributed by atoms with Crippen LogP contribution >= 0.6 is 0 Å².